The predicted molar refractivity (Wildman–Crippen MR) is 90.9 cm³/mol. The fraction of sp³-hybridized carbons (Fsp3) is 0.0667. The molecule has 4 nitrogen and oxygen atoms in total. The molecule has 2 aromatic heterocycles. The van der Waals surface area contributed by atoms with Crippen molar-refractivity contribution in [3.05, 3.63) is 51.4 Å². The number of nitrogens with zero attached hydrogens (tertiary/aromatic N) is 1. The number of carbonyl (C=O) groups is 1. The van der Waals surface area contributed by atoms with Crippen LogP contribution in [0.5, 0.6) is 0 Å². The number of hydrogen-bond acceptors (Lipinski definition) is 4. The van der Waals surface area contributed by atoms with Crippen LogP contribution in [0.1, 0.15) is 15.2 Å². The van der Waals surface area contributed by atoms with Gasteiger partial charge in [0.25, 0.3) is 5.91 Å². The molecule has 0 saturated heterocycles. The van der Waals surface area contributed by atoms with Crippen LogP contribution < -0.4 is 11.1 Å². The summed E-state index contributed by atoms with van der Waals surface area (Å²) in [6, 6.07) is 9.35. The van der Waals surface area contributed by atoms with Crippen LogP contribution in [0.3, 0.4) is 0 Å². The van der Waals surface area contributed by atoms with Gasteiger partial charge in [-0.1, -0.05) is 22.0 Å². The van der Waals surface area contributed by atoms with Crippen molar-refractivity contribution in [3.63, 3.8) is 0 Å². The second-order valence-electron chi connectivity index (χ2n) is 4.62. The fourth-order valence-electron chi connectivity index (χ4n) is 1.98. The standard InChI is InChI=1S/C15H12BrN3OS/c1-8-4-5-9(7-11(8)16)19-14(20)13-12(17)10-3-2-6-18-15(10)21-13/h2-7H,17H2,1H3,(H,19,20). The number of fused-ring (bicyclic) bond motifs is 1. The Bertz CT molecular complexity index is 844. The lowest BCUT2D eigenvalue weighted by Gasteiger charge is -2.06. The molecule has 0 fully saturated rings. The summed E-state index contributed by atoms with van der Waals surface area (Å²) < 4.78 is 0.950. The maximum absolute atomic E-state index is 12.4. The first-order valence-electron chi connectivity index (χ1n) is 6.27. The van der Waals surface area contributed by atoms with E-state index in [1.807, 2.05) is 37.3 Å². The minimum atomic E-state index is -0.216. The van der Waals surface area contributed by atoms with E-state index >= 15 is 0 Å². The highest BCUT2D eigenvalue weighted by molar-refractivity contribution is 9.10. The van der Waals surface area contributed by atoms with E-state index in [0.29, 0.717) is 10.6 Å². The number of nitrogen functional groups attached to an aromatic ring is 1. The van der Waals surface area contributed by atoms with Gasteiger partial charge in [0.05, 0.1) is 5.69 Å². The lowest BCUT2D eigenvalue weighted by molar-refractivity contribution is 0.103. The first-order valence-corrected chi connectivity index (χ1v) is 7.87. The van der Waals surface area contributed by atoms with E-state index in [0.717, 1.165) is 25.9 Å². The van der Waals surface area contributed by atoms with Crippen LogP contribution in [0, 0.1) is 6.92 Å². The van der Waals surface area contributed by atoms with Crippen LogP contribution in [0.2, 0.25) is 0 Å². The van der Waals surface area contributed by atoms with Crippen molar-refractivity contribution in [1.29, 1.82) is 0 Å². The van der Waals surface area contributed by atoms with Crippen LogP contribution in [0.4, 0.5) is 11.4 Å². The van der Waals surface area contributed by atoms with E-state index < -0.39 is 0 Å². The number of aryl methyl sites for hydroxylation is 1. The SMILES string of the molecule is Cc1ccc(NC(=O)c2sc3ncccc3c2N)cc1Br. The highest BCUT2D eigenvalue weighted by Gasteiger charge is 2.17. The topological polar surface area (TPSA) is 68.0 Å². The molecule has 3 aromatic rings. The molecule has 1 amide bonds. The van der Waals surface area contributed by atoms with Crippen molar-refractivity contribution in [2.45, 2.75) is 6.92 Å². The van der Waals surface area contributed by atoms with E-state index in [9.17, 15) is 4.79 Å². The summed E-state index contributed by atoms with van der Waals surface area (Å²) >= 11 is 4.75. The molecule has 0 spiro atoms. The van der Waals surface area contributed by atoms with Crippen LogP contribution in [0.15, 0.2) is 41.0 Å². The van der Waals surface area contributed by atoms with Gasteiger partial charge in [0.2, 0.25) is 0 Å². The largest absolute Gasteiger partial charge is 0.397 e. The van der Waals surface area contributed by atoms with Gasteiger partial charge >= 0.3 is 0 Å². The second kappa shape index (κ2) is 5.46. The summed E-state index contributed by atoms with van der Waals surface area (Å²) in [5.41, 5.74) is 8.36. The molecular weight excluding hydrogens is 350 g/mol. The average molecular weight is 362 g/mol. The smallest absolute Gasteiger partial charge is 0.267 e. The number of halogens is 1. The molecule has 21 heavy (non-hydrogen) atoms. The predicted octanol–water partition coefficient (Wildman–Crippen LogP) is 4.20. The van der Waals surface area contributed by atoms with E-state index in [4.69, 9.17) is 5.73 Å². The van der Waals surface area contributed by atoms with Gasteiger partial charge in [-0.25, -0.2) is 4.98 Å². The molecular formula is C15H12BrN3OS. The van der Waals surface area contributed by atoms with Gasteiger partial charge in [-0.3, -0.25) is 4.79 Å². The number of aromatic nitrogens is 1. The van der Waals surface area contributed by atoms with E-state index in [2.05, 4.69) is 26.2 Å². The Morgan fingerprint density at radius 3 is 2.90 bits per heavy atom. The highest BCUT2D eigenvalue weighted by Crippen LogP contribution is 2.32. The molecule has 0 aliphatic rings. The van der Waals surface area contributed by atoms with Gasteiger partial charge in [-0.05, 0) is 36.8 Å². The number of pyridine rings is 1. The van der Waals surface area contributed by atoms with Crippen molar-refractivity contribution >= 4 is 54.8 Å². The molecule has 3 rings (SSSR count). The van der Waals surface area contributed by atoms with E-state index in [1.54, 1.807) is 6.20 Å². The second-order valence-corrected chi connectivity index (χ2v) is 6.47. The zero-order chi connectivity index (χ0) is 15.0. The van der Waals surface area contributed by atoms with Crippen LogP contribution in [0.25, 0.3) is 10.2 Å². The Labute approximate surface area is 134 Å². The molecule has 2 heterocycles. The summed E-state index contributed by atoms with van der Waals surface area (Å²) in [5.74, 6) is -0.216. The number of rotatable bonds is 2. The fourth-order valence-corrected chi connectivity index (χ4v) is 3.32. The third-order valence-corrected chi connectivity index (χ3v) is 5.12. The number of hydrogen-bond donors (Lipinski definition) is 2. The summed E-state index contributed by atoms with van der Waals surface area (Å²) in [6.07, 6.45) is 1.69. The molecule has 0 aliphatic carbocycles. The zero-order valence-electron chi connectivity index (χ0n) is 11.2. The lowest BCUT2D eigenvalue weighted by Crippen LogP contribution is -2.11. The van der Waals surface area contributed by atoms with E-state index in [-0.39, 0.29) is 5.91 Å². The monoisotopic (exact) mass is 361 g/mol. The summed E-state index contributed by atoms with van der Waals surface area (Å²) in [6.45, 7) is 1.99. The number of anilines is 2. The minimum absolute atomic E-state index is 0.216. The minimum Gasteiger partial charge on any atom is -0.397 e. The van der Waals surface area contributed by atoms with Gasteiger partial charge in [0.15, 0.2) is 0 Å². The molecule has 1 aromatic carbocycles. The molecule has 6 heteroatoms. The maximum Gasteiger partial charge on any atom is 0.267 e. The normalized spacial score (nSPS) is 10.8. The Hall–Kier alpha value is -1.92. The Balaban J connectivity index is 1.93. The van der Waals surface area contributed by atoms with Gasteiger partial charge in [0.1, 0.15) is 9.71 Å². The molecule has 0 bridgehead atoms. The quantitative estimate of drug-likeness (QED) is 0.718. The highest BCUT2D eigenvalue weighted by atomic mass is 79.9. The van der Waals surface area contributed by atoms with Crippen LogP contribution >= 0.6 is 27.3 Å². The van der Waals surface area contributed by atoms with Gasteiger partial charge < -0.3 is 11.1 Å². The lowest BCUT2D eigenvalue weighted by atomic mass is 10.2. The number of carbonyl (C=O) groups excluding carboxylic acids is 1. The molecule has 0 unspecified atom stereocenters. The summed E-state index contributed by atoms with van der Waals surface area (Å²) in [5, 5.41) is 3.68. The molecule has 106 valence electrons. The number of benzene rings is 1. The molecule has 3 N–H and O–H groups in total. The Morgan fingerprint density at radius 1 is 1.38 bits per heavy atom. The van der Waals surface area contributed by atoms with Gasteiger partial charge in [0, 0.05) is 21.7 Å². The molecule has 0 saturated carbocycles. The molecule has 0 aliphatic heterocycles. The molecule has 0 atom stereocenters. The number of thiophene rings is 1. The Morgan fingerprint density at radius 2 is 2.19 bits per heavy atom. The number of nitrogens with two attached hydrogens (primary N) is 1. The van der Waals surface area contributed by atoms with Gasteiger partial charge in [-0.15, -0.1) is 11.3 Å². The van der Waals surface area contributed by atoms with E-state index in [1.165, 1.54) is 11.3 Å². The van der Waals surface area contributed by atoms with Crippen LogP contribution in [-0.2, 0) is 0 Å². The zero-order valence-corrected chi connectivity index (χ0v) is 13.6. The number of nitrogens with one attached hydrogen (secondary N) is 1. The van der Waals surface area contributed by atoms with Crippen molar-refractivity contribution in [2.75, 3.05) is 11.1 Å². The van der Waals surface area contributed by atoms with Gasteiger partial charge in [-0.2, -0.15) is 0 Å². The first-order chi connectivity index (χ1) is 10.1. The molecule has 0 radical (unpaired) electrons. The van der Waals surface area contributed by atoms with Crippen LogP contribution in [-0.4, -0.2) is 10.9 Å². The third kappa shape index (κ3) is 2.64. The van der Waals surface area contributed by atoms with Crippen molar-refractivity contribution in [1.82, 2.24) is 4.98 Å². The average Bonchev–Trinajstić information content (AvgIpc) is 2.81. The summed E-state index contributed by atoms with van der Waals surface area (Å²) in [7, 11) is 0. The maximum atomic E-state index is 12.4. The van der Waals surface area contributed by atoms with Crippen molar-refractivity contribution < 1.29 is 4.79 Å². The number of amides is 1. The first kappa shape index (κ1) is 14.0. The van der Waals surface area contributed by atoms with Crippen molar-refractivity contribution in [2.24, 2.45) is 0 Å². The Kier molecular flexibility index (Phi) is 3.65. The van der Waals surface area contributed by atoms with Crippen molar-refractivity contribution in [3.8, 4) is 0 Å². The summed E-state index contributed by atoms with van der Waals surface area (Å²) in [4.78, 5) is 17.9. The third-order valence-electron chi connectivity index (χ3n) is 3.14.